The number of aryl methyl sites for hydroxylation is 1. The van der Waals surface area contributed by atoms with Crippen LogP contribution in [-0.4, -0.2) is 28.1 Å². The zero-order valence-corrected chi connectivity index (χ0v) is 19.6. The number of rotatable bonds is 9. The predicted molar refractivity (Wildman–Crippen MR) is 118 cm³/mol. The maximum absolute atomic E-state index is 12.7. The number of allylic oxidation sites excluding steroid dienone is 2. The molecule has 1 aliphatic rings. The molecule has 0 N–H and O–H groups in total. The average molecular weight is 435 g/mol. The number of esters is 1. The van der Waals surface area contributed by atoms with Gasteiger partial charge in [0.25, 0.3) is 10.1 Å². The molecule has 166 valence electrons. The van der Waals surface area contributed by atoms with E-state index in [0.717, 1.165) is 42.4 Å². The Hall–Kier alpha value is -1.92. The fraction of sp³-hybridized carbons (Fsp3) is 0.542. The highest BCUT2D eigenvalue weighted by molar-refractivity contribution is 7.86. The van der Waals surface area contributed by atoms with E-state index in [9.17, 15) is 13.2 Å². The van der Waals surface area contributed by atoms with Gasteiger partial charge in [-0.05, 0) is 75.8 Å². The summed E-state index contributed by atoms with van der Waals surface area (Å²) in [4.78, 5) is 11.7. The van der Waals surface area contributed by atoms with E-state index in [1.165, 1.54) is 13.2 Å². The lowest BCUT2D eigenvalue weighted by Crippen LogP contribution is -2.32. The molecule has 0 heterocycles. The van der Waals surface area contributed by atoms with Crippen LogP contribution in [0.5, 0.6) is 0 Å². The third kappa shape index (κ3) is 6.05. The molecule has 3 atom stereocenters. The van der Waals surface area contributed by atoms with E-state index in [2.05, 4.69) is 13.5 Å². The van der Waals surface area contributed by atoms with Gasteiger partial charge in [0.1, 0.15) is 0 Å². The molecule has 1 aliphatic carbocycles. The molecule has 0 unspecified atom stereocenters. The van der Waals surface area contributed by atoms with Gasteiger partial charge >= 0.3 is 5.97 Å². The second kappa shape index (κ2) is 9.92. The second-order valence-corrected chi connectivity index (χ2v) is 10.4. The minimum atomic E-state index is -3.81. The van der Waals surface area contributed by atoms with Crippen LogP contribution in [0, 0.1) is 24.2 Å². The van der Waals surface area contributed by atoms with Gasteiger partial charge in [-0.1, -0.05) is 42.3 Å². The van der Waals surface area contributed by atoms with E-state index in [1.54, 1.807) is 24.3 Å². The van der Waals surface area contributed by atoms with Crippen molar-refractivity contribution in [3.8, 4) is 0 Å². The van der Waals surface area contributed by atoms with Crippen molar-refractivity contribution in [3.05, 3.63) is 53.6 Å². The zero-order chi connectivity index (χ0) is 22.5. The Labute approximate surface area is 181 Å². The van der Waals surface area contributed by atoms with Gasteiger partial charge in [-0.25, -0.2) is 4.79 Å². The molecule has 0 saturated heterocycles. The van der Waals surface area contributed by atoms with Gasteiger partial charge in [0, 0.05) is 6.08 Å². The Morgan fingerprint density at radius 1 is 1.27 bits per heavy atom. The van der Waals surface area contributed by atoms with E-state index < -0.39 is 10.1 Å². The molecule has 0 spiro atoms. The standard InChI is InChI=1S/C24H34O5S/c1-17(2)21-13-14-24(5,22(21)12-9-19(4)15-23(25)28-6)16-29-30(26,27)20-10-7-18(3)8-11-20/h7-8,10-11,15,21-22H,1,9,12-14,16H2,2-6H3/b19-15+/t21-,22-,24+/m0/s1. The van der Waals surface area contributed by atoms with Gasteiger partial charge in [-0.2, -0.15) is 8.42 Å². The molecule has 0 amide bonds. The molecule has 30 heavy (non-hydrogen) atoms. The number of carbonyl (C=O) groups is 1. The van der Waals surface area contributed by atoms with E-state index in [4.69, 9.17) is 8.92 Å². The maximum atomic E-state index is 12.7. The summed E-state index contributed by atoms with van der Waals surface area (Å²) in [6.45, 7) is 12.3. The molecule has 0 radical (unpaired) electrons. The van der Waals surface area contributed by atoms with Crippen LogP contribution < -0.4 is 0 Å². The van der Waals surface area contributed by atoms with Gasteiger partial charge in [0.05, 0.1) is 18.6 Å². The second-order valence-electron chi connectivity index (χ2n) is 8.83. The Kier molecular flexibility index (Phi) is 8.06. The molecule has 0 aliphatic heterocycles. The first-order valence-corrected chi connectivity index (χ1v) is 11.8. The smallest absolute Gasteiger partial charge is 0.330 e. The SMILES string of the molecule is C=C(C)[C@@H]1CC[C@](C)(COS(=O)(=O)c2ccc(C)cc2)[C@H]1CC/C(C)=C/C(=O)OC. The molecule has 1 saturated carbocycles. The van der Waals surface area contributed by atoms with E-state index >= 15 is 0 Å². The summed E-state index contributed by atoms with van der Waals surface area (Å²) in [6.07, 6.45) is 4.92. The largest absolute Gasteiger partial charge is 0.466 e. The zero-order valence-electron chi connectivity index (χ0n) is 18.7. The van der Waals surface area contributed by atoms with Gasteiger partial charge in [-0.15, -0.1) is 0 Å². The monoisotopic (exact) mass is 434 g/mol. The van der Waals surface area contributed by atoms with Crippen molar-refractivity contribution in [1.29, 1.82) is 0 Å². The lowest BCUT2D eigenvalue weighted by atomic mass is 9.73. The summed E-state index contributed by atoms with van der Waals surface area (Å²) in [6, 6.07) is 6.70. The van der Waals surface area contributed by atoms with Crippen molar-refractivity contribution in [2.45, 2.75) is 58.3 Å². The van der Waals surface area contributed by atoms with Crippen LogP contribution >= 0.6 is 0 Å². The highest BCUT2D eigenvalue weighted by atomic mass is 32.2. The Morgan fingerprint density at radius 2 is 1.90 bits per heavy atom. The molecule has 1 aromatic carbocycles. The molecule has 6 heteroatoms. The maximum Gasteiger partial charge on any atom is 0.330 e. The molecular formula is C24H34O5S. The number of hydrogen-bond acceptors (Lipinski definition) is 5. The fourth-order valence-corrected chi connectivity index (χ4v) is 5.41. The summed E-state index contributed by atoms with van der Waals surface area (Å²) in [7, 11) is -2.45. The van der Waals surface area contributed by atoms with Crippen molar-refractivity contribution >= 4 is 16.1 Å². The number of ether oxygens (including phenoxy) is 1. The summed E-state index contributed by atoms with van der Waals surface area (Å²) < 4.78 is 35.6. The van der Waals surface area contributed by atoms with E-state index in [0.29, 0.717) is 5.92 Å². The number of hydrogen-bond donors (Lipinski definition) is 0. The van der Waals surface area contributed by atoms with Crippen LogP contribution in [0.15, 0.2) is 53.0 Å². The number of benzene rings is 1. The van der Waals surface area contributed by atoms with Crippen LogP contribution in [0.3, 0.4) is 0 Å². The third-order valence-corrected chi connectivity index (χ3v) is 7.59. The van der Waals surface area contributed by atoms with Crippen LogP contribution in [-0.2, 0) is 23.8 Å². The lowest BCUT2D eigenvalue weighted by molar-refractivity contribution is -0.134. The highest BCUT2D eigenvalue weighted by Gasteiger charge is 2.45. The van der Waals surface area contributed by atoms with Gasteiger partial charge in [-0.3, -0.25) is 4.18 Å². The third-order valence-electron chi connectivity index (χ3n) is 6.31. The van der Waals surface area contributed by atoms with Crippen molar-refractivity contribution < 1.29 is 22.1 Å². The minimum Gasteiger partial charge on any atom is -0.466 e. The summed E-state index contributed by atoms with van der Waals surface area (Å²) in [5.74, 6) is 0.182. The van der Waals surface area contributed by atoms with Crippen molar-refractivity contribution in [3.63, 3.8) is 0 Å². The first-order chi connectivity index (χ1) is 14.0. The van der Waals surface area contributed by atoms with Crippen molar-refractivity contribution in [2.24, 2.45) is 17.3 Å². The van der Waals surface area contributed by atoms with Crippen LogP contribution in [0.1, 0.15) is 52.0 Å². The van der Waals surface area contributed by atoms with Gasteiger partial charge in [0.2, 0.25) is 0 Å². The van der Waals surface area contributed by atoms with E-state index in [1.807, 2.05) is 20.8 Å². The summed E-state index contributed by atoms with van der Waals surface area (Å²) in [5, 5.41) is 0. The normalized spacial score (nSPS) is 24.6. The Bertz CT molecular complexity index is 898. The number of carbonyl (C=O) groups excluding carboxylic acids is 1. The van der Waals surface area contributed by atoms with E-state index in [-0.39, 0.29) is 28.8 Å². The summed E-state index contributed by atoms with van der Waals surface area (Å²) >= 11 is 0. The Balaban J connectivity index is 2.15. The molecule has 5 nitrogen and oxygen atoms in total. The topological polar surface area (TPSA) is 69.7 Å². The van der Waals surface area contributed by atoms with Crippen molar-refractivity contribution in [2.75, 3.05) is 13.7 Å². The van der Waals surface area contributed by atoms with Crippen LogP contribution in [0.4, 0.5) is 0 Å². The Morgan fingerprint density at radius 3 is 2.47 bits per heavy atom. The number of methoxy groups -OCH3 is 1. The van der Waals surface area contributed by atoms with Crippen molar-refractivity contribution in [1.82, 2.24) is 0 Å². The first kappa shape index (κ1) is 24.4. The predicted octanol–water partition coefficient (Wildman–Crippen LogP) is 5.21. The molecule has 1 aromatic rings. The quantitative estimate of drug-likeness (QED) is 0.231. The molecular weight excluding hydrogens is 400 g/mol. The lowest BCUT2D eigenvalue weighted by Gasteiger charge is -2.34. The molecule has 1 fully saturated rings. The van der Waals surface area contributed by atoms with Crippen LogP contribution in [0.25, 0.3) is 0 Å². The highest BCUT2D eigenvalue weighted by Crippen LogP contribution is 2.52. The minimum absolute atomic E-state index is 0.136. The fourth-order valence-electron chi connectivity index (χ4n) is 4.38. The van der Waals surface area contributed by atoms with Crippen LogP contribution in [0.2, 0.25) is 0 Å². The van der Waals surface area contributed by atoms with Gasteiger partial charge in [0.15, 0.2) is 0 Å². The summed E-state index contributed by atoms with van der Waals surface area (Å²) in [5.41, 5.74) is 2.77. The van der Waals surface area contributed by atoms with Gasteiger partial charge < -0.3 is 4.74 Å². The molecule has 2 rings (SSSR count). The molecule has 0 bridgehead atoms. The average Bonchev–Trinajstić information content (AvgIpc) is 3.02. The first-order valence-electron chi connectivity index (χ1n) is 10.3. The molecule has 0 aromatic heterocycles.